The minimum Gasteiger partial charge on any atom is -0.350 e. The van der Waals surface area contributed by atoms with Gasteiger partial charge in [0.1, 0.15) is 5.70 Å². The summed E-state index contributed by atoms with van der Waals surface area (Å²) in [5.74, 6) is -0.819. The van der Waals surface area contributed by atoms with Crippen LogP contribution in [0.5, 0.6) is 0 Å². The van der Waals surface area contributed by atoms with Crippen molar-refractivity contribution in [2.45, 2.75) is 20.8 Å². The molecule has 2 aromatic carbocycles. The van der Waals surface area contributed by atoms with Crippen LogP contribution in [-0.2, 0) is 9.59 Å². The highest BCUT2D eigenvalue weighted by Gasteiger charge is 2.38. The van der Waals surface area contributed by atoms with Gasteiger partial charge >= 0.3 is 0 Å². The number of hydrogen-bond donors (Lipinski definition) is 1. The Bertz CT molecular complexity index is 977. The largest absolute Gasteiger partial charge is 0.350 e. The van der Waals surface area contributed by atoms with Gasteiger partial charge in [-0.25, -0.2) is 0 Å². The molecule has 0 atom stereocenters. The topological polar surface area (TPSA) is 92.6 Å². The zero-order valence-electron chi connectivity index (χ0n) is 15.3. The first kappa shape index (κ1) is 18.3. The van der Waals surface area contributed by atoms with Crippen LogP contribution >= 0.6 is 0 Å². The number of benzene rings is 2. The molecule has 27 heavy (non-hydrogen) atoms. The van der Waals surface area contributed by atoms with Gasteiger partial charge in [0.25, 0.3) is 17.5 Å². The number of nitro benzene ring substituents is 1. The van der Waals surface area contributed by atoms with E-state index in [1.165, 1.54) is 24.3 Å². The molecule has 0 radical (unpaired) electrons. The maximum atomic E-state index is 12.8. The van der Waals surface area contributed by atoms with Crippen LogP contribution in [0, 0.1) is 24.0 Å². The lowest BCUT2D eigenvalue weighted by molar-refractivity contribution is -0.384. The number of carbonyl (C=O) groups is 2. The highest BCUT2D eigenvalue weighted by atomic mass is 16.6. The van der Waals surface area contributed by atoms with Gasteiger partial charge in [0, 0.05) is 24.4 Å². The Balaban J connectivity index is 2.11. The third-order valence-electron chi connectivity index (χ3n) is 4.72. The van der Waals surface area contributed by atoms with E-state index >= 15 is 0 Å². The summed E-state index contributed by atoms with van der Waals surface area (Å²) in [4.78, 5) is 37.1. The van der Waals surface area contributed by atoms with Crippen molar-refractivity contribution in [1.82, 2.24) is 4.90 Å². The van der Waals surface area contributed by atoms with Gasteiger partial charge < -0.3 is 5.32 Å². The first-order chi connectivity index (χ1) is 12.8. The third kappa shape index (κ3) is 3.19. The molecular formula is C20H19N3O4. The molecule has 1 N–H and O–H groups in total. The zero-order valence-corrected chi connectivity index (χ0v) is 15.3. The smallest absolute Gasteiger partial charge is 0.278 e. The van der Waals surface area contributed by atoms with Gasteiger partial charge in [-0.05, 0) is 55.7 Å². The van der Waals surface area contributed by atoms with Gasteiger partial charge in [-0.2, -0.15) is 0 Å². The number of nitrogens with one attached hydrogen (secondary N) is 1. The fourth-order valence-corrected chi connectivity index (χ4v) is 3.02. The van der Waals surface area contributed by atoms with Crippen molar-refractivity contribution in [2.75, 3.05) is 11.9 Å². The fourth-order valence-electron chi connectivity index (χ4n) is 3.02. The maximum absolute atomic E-state index is 12.8. The molecule has 0 fully saturated rings. The number of nitrogens with zero attached hydrogens (tertiary/aromatic N) is 2. The van der Waals surface area contributed by atoms with Crippen LogP contribution in [-0.4, -0.2) is 28.2 Å². The molecule has 1 aliphatic heterocycles. The number of aryl methyl sites for hydroxylation is 1. The Kier molecular flexibility index (Phi) is 4.77. The number of anilines is 1. The number of carbonyl (C=O) groups excluding carboxylic acids is 2. The number of amides is 2. The van der Waals surface area contributed by atoms with Crippen molar-refractivity contribution in [1.29, 1.82) is 0 Å². The van der Waals surface area contributed by atoms with E-state index in [1.54, 1.807) is 6.92 Å². The molecule has 7 heteroatoms. The quantitative estimate of drug-likeness (QED) is 0.498. The van der Waals surface area contributed by atoms with Gasteiger partial charge in [-0.15, -0.1) is 0 Å². The molecule has 1 aliphatic rings. The second-order valence-electron chi connectivity index (χ2n) is 6.28. The molecule has 138 valence electrons. The molecule has 0 saturated carbocycles. The van der Waals surface area contributed by atoms with Gasteiger partial charge in [-0.1, -0.05) is 12.1 Å². The summed E-state index contributed by atoms with van der Waals surface area (Å²) in [6.07, 6.45) is 0. The van der Waals surface area contributed by atoms with E-state index in [9.17, 15) is 19.7 Å². The zero-order chi connectivity index (χ0) is 19.7. The van der Waals surface area contributed by atoms with Gasteiger partial charge in [-0.3, -0.25) is 24.6 Å². The highest BCUT2D eigenvalue weighted by molar-refractivity contribution is 6.36. The first-order valence-electron chi connectivity index (χ1n) is 8.53. The molecule has 0 unspecified atom stereocenters. The van der Waals surface area contributed by atoms with Gasteiger partial charge in [0.05, 0.1) is 10.5 Å². The van der Waals surface area contributed by atoms with Crippen LogP contribution in [0.3, 0.4) is 0 Å². The monoisotopic (exact) mass is 365 g/mol. The first-order valence-corrected chi connectivity index (χ1v) is 8.53. The summed E-state index contributed by atoms with van der Waals surface area (Å²) in [6.45, 7) is 5.87. The summed E-state index contributed by atoms with van der Waals surface area (Å²) in [7, 11) is 0. The number of likely N-dealkylation sites (N-methyl/N-ethyl adjacent to an activating group) is 1. The number of rotatable bonds is 5. The Hall–Kier alpha value is -3.48. The Morgan fingerprint density at radius 2 is 1.70 bits per heavy atom. The van der Waals surface area contributed by atoms with Crippen molar-refractivity contribution in [3.63, 3.8) is 0 Å². The van der Waals surface area contributed by atoms with E-state index in [4.69, 9.17) is 0 Å². The van der Waals surface area contributed by atoms with E-state index in [0.717, 1.165) is 21.7 Å². The SMILES string of the molecule is CCN1C(=O)C(Nc2cccc(C)c2C)=C(c2ccc([N+](=O)[O-])cc2)C1=O. The molecule has 2 amide bonds. The second kappa shape index (κ2) is 7.03. The standard InChI is InChI=1S/C20H19N3O4/c1-4-22-19(24)17(14-8-10-15(11-9-14)23(26)27)18(20(22)25)21-16-7-5-6-12(2)13(16)3/h5-11,21H,4H2,1-3H3. The van der Waals surface area contributed by atoms with Crippen molar-refractivity contribution < 1.29 is 14.5 Å². The van der Waals surface area contributed by atoms with Crippen LogP contribution in [0.2, 0.25) is 0 Å². The predicted molar refractivity (Wildman–Crippen MR) is 102 cm³/mol. The van der Waals surface area contributed by atoms with Crippen LogP contribution < -0.4 is 5.32 Å². The van der Waals surface area contributed by atoms with Crippen LogP contribution in [0.15, 0.2) is 48.2 Å². The molecule has 1 heterocycles. The van der Waals surface area contributed by atoms with E-state index in [-0.39, 0.29) is 23.5 Å². The predicted octanol–water partition coefficient (Wildman–Crippen LogP) is 3.42. The molecular weight excluding hydrogens is 346 g/mol. The Morgan fingerprint density at radius 1 is 1.04 bits per heavy atom. The molecule has 0 bridgehead atoms. The molecule has 0 aromatic heterocycles. The summed E-state index contributed by atoms with van der Waals surface area (Å²) in [6, 6.07) is 11.3. The van der Waals surface area contributed by atoms with Crippen molar-refractivity contribution >= 4 is 28.8 Å². The lowest BCUT2D eigenvalue weighted by Gasteiger charge is -2.14. The Morgan fingerprint density at radius 3 is 2.30 bits per heavy atom. The summed E-state index contributed by atoms with van der Waals surface area (Å²) < 4.78 is 0. The lowest BCUT2D eigenvalue weighted by Crippen LogP contribution is -2.32. The van der Waals surface area contributed by atoms with Crippen molar-refractivity contribution in [3.8, 4) is 0 Å². The second-order valence-corrected chi connectivity index (χ2v) is 6.28. The third-order valence-corrected chi connectivity index (χ3v) is 4.72. The summed E-state index contributed by atoms with van der Waals surface area (Å²) in [5.41, 5.74) is 3.56. The number of imide groups is 1. The number of non-ortho nitro benzene ring substituents is 1. The molecule has 3 rings (SSSR count). The molecule has 2 aromatic rings. The fraction of sp³-hybridized carbons (Fsp3) is 0.200. The highest BCUT2D eigenvalue weighted by Crippen LogP contribution is 2.32. The van der Waals surface area contributed by atoms with Gasteiger partial charge in [0.2, 0.25) is 0 Å². The van der Waals surface area contributed by atoms with Crippen molar-refractivity contribution in [3.05, 3.63) is 75.0 Å². The van der Waals surface area contributed by atoms with Crippen LogP contribution in [0.4, 0.5) is 11.4 Å². The minimum absolute atomic E-state index is 0.0764. The molecule has 0 aliphatic carbocycles. The van der Waals surface area contributed by atoms with Crippen LogP contribution in [0.1, 0.15) is 23.6 Å². The molecule has 7 nitrogen and oxygen atoms in total. The maximum Gasteiger partial charge on any atom is 0.278 e. The average Bonchev–Trinajstić information content (AvgIpc) is 2.88. The summed E-state index contributed by atoms with van der Waals surface area (Å²) in [5, 5.41) is 14.0. The number of nitro groups is 1. The van der Waals surface area contributed by atoms with Crippen LogP contribution in [0.25, 0.3) is 5.57 Å². The number of hydrogen-bond acceptors (Lipinski definition) is 5. The summed E-state index contributed by atoms with van der Waals surface area (Å²) >= 11 is 0. The average molecular weight is 365 g/mol. The van der Waals surface area contributed by atoms with Crippen molar-refractivity contribution in [2.24, 2.45) is 0 Å². The Labute approximate surface area is 156 Å². The normalized spacial score (nSPS) is 14.1. The molecule has 0 saturated heterocycles. The van der Waals surface area contributed by atoms with Gasteiger partial charge in [0.15, 0.2) is 0 Å². The minimum atomic E-state index is -0.507. The van der Waals surface area contributed by atoms with E-state index < -0.39 is 16.7 Å². The lowest BCUT2D eigenvalue weighted by atomic mass is 10.0. The molecule has 0 spiro atoms. The van der Waals surface area contributed by atoms with E-state index in [2.05, 4.69) is 5.32 Å². The van der Waals surface area contributed by atoms with E-state index in [1.807, 2.05) is 32.0 Å². The van der Waals surface area contributed by atoms with E-state index in [0.29, 0.717) is 5.56 Å².